The zero-order valence-corrected chi connectivity index (χ0v) is 11.8. The summed E-state index contributed by atoms with van der Waals surface area (Å²) in [5.41, 5.74) is 0. The molecule has 1 saturated heterocycles. The third-order valence-electron chi connectivity index (χ3n) is 3.23. The van der Waals surface area contributed by atoms with E-state index < -0.39 is 0 Å². The Morgan fingerprint density at radius 2 is 2.42 bits per heavy atom. The molecule has 1 heterocycles. The SMILES string of the molecule is CN(CCOc1cccc(Cl)c1)C(=O)[C@H]1CCCN1. The standard InChI is InChI=1S/C14H19ClN2O2/c1-17(14(18)13-6-3-7-16-13)8-9-19-12-5-2-4-11(15)10-12/h2,4-5,10,13,16H,3,6-9H2,1H3/t13-/m1/s1. The zero-order valence-electron chi connectivity index (χ0n) is 11.1. The van der Waals surface area contributed by atoms with Gasteiger partial charge in [0.25, 0.3) is 0 Å². The van der Waals surface area contributed by atoms with Crippen molar-refractivity contribution in [1.29, 1.82) is 0 Å². The van der Waals surface area contributed by atoms with Crippen LogP contribution in [0.2, 0.25) is 5.02 Å². The first kappa shape index (κ1) is 14.2. The van der Waals surface area contributed by atoms with Gasteiger partial charge in [-0.2, -0.15) is 0 Å². The van der Waals surface area contributed by atoms with Gasteiger partial charge < -0.3 is 15.0 Å². The van der Waals surface area contributed by atoms with E-state index >= 15 is 0 Å². The third-order valence-corrected chi connectivity index (χ3v) is 3.46. The van der Waals surface area contributed by atoms with Crippen LogP contribution in [0.15, 0.2) is 24.3 Å². The number of amides is 1. The predicted molar refractivity (Wildman–Crippen MR) is 75.6 cm³/mol. The fraction of sp³-hybridized carbons (Fsp3) is 0.500. The van der Waals surface area contributed by atoms with Crippen LogP contribution in [-0.4, -0.2) is 43.6 Å². The summed E-state index contributed by atoms with van der Waals surface area (Å²) in [6.45, 7) is 1.97. The minimum atomic E-state index is -0.0174. The van der Waals surface area contributed by atoms with E-state index in [2.05, 4.69) is 5.32 Å². The molecule has 0 aliphatic carbocycles. The van der Waals surface area contributed by atoms with E-state index in [1.165, 1.54) is 0 Å². The number of hydrogen-bond donors (Lipinski definition) is 1. The van der Waals surface area contributed by atoms with Crippen molar-refractivity contribution in [3.05, 3.63) is 29.3 Å². The molecule has 1 aliphatic rings. The topological polar surface area (TPSA) is 41.6 Å². The lowest BCUT2D eigenvalue weighted by atomic mass is 10.2. The third kappa shape index (κ3) is 4.11. The molecule has 4 nitrogen and oxygen atoms in total. The number of likely N-dealkylation sites (N-methyl/N-ethyl adjacent to an activating group) is 1. The highest BCUT2D eigenvalue weighted by Crippen LogP contribution is 2.17. The first-order valence-corrected chi connectivity index (χ1v) is 6.91. The van der Waals surface area contributed by atoms with Crippen LogP contribution < -0.4 is 10.1 Å². The van der Waals surface area contributed by atoms with E-state index in [-0.39, 0.29) is 11.9 Å². The zero-order chi connectivity index (χ0) is 13.7. The quantitative estimate of drug-likeness (QED) is 0.897. The highest BCUT2D eigenvalue weighted by Gasteiger charge is 2.24. The lowest BCUT2D eigenvalue weighted by molar-refractivity contribution is -0.132. The number of rotatable bonds is 5. The van der Waals surface area contributed by atoms with Crippen LogP contribution in [0.25, 0.3) is 0 Å². The van der Waals surface area contributed by atoms with Crippen molar-refractivity contribution in [2.45, 2.75) is 18.9 Å². The maximum atomic E-state index is 12.0. The van der Waals surface area contributed by atoms with Gasteiger partial charge in [0.2, 0.25) is 5.91 Å². The Balaban J connectivity index is 1.74. The number of halogens is 1. The van der Waals surface area contributed by atoms with Crippen molar-refractivity contribution in [3.8, 4) is 5.75 Å². The largest absolute Gasteiger partial charge is 0.492 e. The minimum absolute atomic E-state index is 0.0174. The van der Waals surface area contributed by atoms with Crippen LogP contribution in [-0.2, 0) is 4.79 Å². The molecule has 0 bridgehead atoms. The Bertz CT molecular complexity index is 433. The molecule has 2 rings (SSSR count). The normalized spacial score (nSPS) is 18.3. The molecule has 0 radical (unpaired) electrons. The van der Waals surface area contributed by atoms with E-state index in [1.54, 1.807) is 17.0 Å². The molecule has 0 saturated carbocycles. The van der Waals surface area contributed by atoms with Gasteiger partial charge in [-0.05, 0) is 37.6 Å². The Kier molecular flexibility index (Phi) is 5.05. The van der Waals surface area contributed by atoms with E-state index in [0.29, 0.717) is 18.2 Å². The van der Waals surface area contributed by atoms with E-state index in [1.807, 2.05) is 19.2 Å². The second-order valence-corrected chi connectivity index (χ2v) is 5.15. The van der Waals surface area contributed by atoms with Crippen molar-refractivity contribution in [2.24, 2.45) is 0 Å². The molecule has 0 spiro atoms. The average Bonchev–Trinajstić information content (AvgIpc) is 2.91. The summed E-state index contributed by atoms with van der Waals surface area (Å²) in [4.78, 5) is 13.7. The summed E-state index contributed by atoms with van der Waals surface area (Å²) < 4.78 is 5.57. The van der Waals surface area contributed by atoms with E-state index in [0.717, 1.165) is 25.1 Å². The summed E-state index contributed by atoms with van der Waals surface area (Å²) >= 11 is 5.87. The maximum absolute atomic E-state index is 12.0. The summed E-state index contributed by atoms with van der Waals surface area (Å²) in [5.74, 6) is 0.875. The van der Waals surface area contributed by atoms with Gasteiger partial charge in [-0.1, -0.05) is 17.7 Å². The molecule has 5 heteroatoms. The Hall–Kier alpha value is -1.26. The summed E-state index contributed by atoms with van der Waals surface area (Å²) in [6, 6.07) is 7.25. The molecular weight excluding hydrogens is 264 g/mol. The molecule has 104 valence electrons. The van der Waals surface area contributed by atoms with E-state index in [9.17, 15) is 4.79 Å². The molecule has 1 fully saturated rings. The number of benzene rings is 1. The number of carbonyl (C=O) groups excluding carboxylic acids is 1. The lowest BCUT2D eigenvalue weighted by Gasteiger charge is -2.21. The van der Waals surface area contributed by atoms with Gasteiger partial charge in [0.1, 0.15) is 12.4 Å². The monoisotopic (exact) mass is 282 g/mol. The van der Waals surface area contributed by atoms with Crippen molar-refractivity contribution >= 4 is 17.5 Å². The average molecular weight is 283 g/mol. The first-order chi connectivity index (χ1) is 9.16. The fourth-order valence-electron chi connectivity index (χ4n) is 2.13. The number of ether oxygens (including phenoxy) is 1. The van der Waals surface area contributed by atoms with Crippen LogP contribution in [0.4, 0.5) is 0 Å². The van der Waals surface area contributed by atoms with Crippen LogP contribution in [0.3, 0.4) is 0 Å². The van der Waals surface area contributed by atoms with Crippen LogP contribution >= 0.6 is 11.6 Å². The van der Waals surface area contributed by atoms with Crippen LogP contribution in [0.5, 0.6) is 5.75 Å². The lowest BCUT2D eigenvalue weighted by Crippen LogP contribution is -2.43. The summed E-state index contributed by atoms with van der Waals surface area (Å²) in [7, 11) is 1.81. The van der Waals surface area contributed by atoms with Gasteiger partial charge in [-0.15, -0.1) is 0 Å². The molecule has 0 unspecified atom stereocenters. The molecule has 1 N–H and O–H groups in total. The number of nitrogens with one attached hydrogen (secondary N) is 1. The Labute approximate surface area is 118 Å². The number of carbonyl (C=O) groups is 1. The maximum Gasteiger partial charge on any atom is 0.239 e. The van der Waals surface area contributed by atoms with Crippen molar-refractivity contribution in [3.63, 3.8) is 0 Å². The summed E-state index contributed by atoms with van der Waals surface area (Å²) in [6.07, 6.45) is 2.00. The molecule has 0 aromatic heterocycles. The predicted octanol–water partition coefficient (Wildman–Crippen LogP) is 1.93. The van der Waals surface area contributed by atoms with Gasteiger partial charge in [0, 0.05) is 12.1 Å². The second-order valence-electron chi connectivity index (χ2n) is 4.71. The molecule has 1 amide bonds. The molecule has 1 aromatic carbocycles. The minimum Gasteiger partial charge on any atom is -0.492 e. The van der Waals surface area contributed by atoms with Crippen molar-refractivity contribution < 1.29 is 9.53 Å². The van der Waals surface area contributed by atoms with Crippen LogP contribution in [0.1, 0.15) is 12.8 Å². The molecule has 1 aromatic rings. The summed E-state index contributed by atoms with van der Waals surface area (Å²) in [5, 5.41) is 3.85. The van der Waals surface area contributed by atoms with E-state index in [4.69, 9.17) is 16.3 Å². The number of nitrogens with zero attached hydrogens (tertiary/aromatic N) is 1. The fourth-order valence-corrected chi connectivity index (χ4v) is 2.31. The Morgan fingerprint density at radius 1 is 1.58 bits per heavy atom. The molecule has 1 aliphatic heterocycles. The highest BCUT2D eigenvalue weighted by atomic mass is 35.5. The van der Waals surface area contributed by atoms with Gasteiger partial charge in [0.15, 0.2) is 0 Å². The highest BCUT2D eigenvalue weighted by molar-refractivity contribution is 6.30. The molecule has 1 atom stereocenters. The molecular formula is C14H19ClN2O2. The first-order valence-electron chi connectivity index (χ1n) is 6.53. The molecule has 19 heavy (non-hydrogen) atoms. The van der Waals surface area contributed by atoms with Crippen LogP contribution in [0, 0.1) is 0 Å². The van der Waals surface area contributed by atoms with Crippen molar-refractivity contribution in [1.82, 2.24) is 10.2 Å². The number of hydrogen-bond acceptors (Lipinski definition) is 3. The van der Waals surface area contributed by atoms with Gasteiger partial charge in [0.05, 0.1) is 12.6 Å². The smallest absolute Gasteiger partial charge is 0.239 e. The second kappa shape index (κ2) is 6.78. The van der Waals surface area contributed by atoms with Gasteiger partial charge >= 0.3 is 0 Å². The van der Waals surface area contributed by atoms with Crippen molar-refractivity contribution in [2.75, 3.05) is 26.7 Å². The van der Waals surface area contributed by atoms with Gasteiger partial charge in [-0.3, -0.25) is 4.79 Å². The van der Waals surface area contributed by atoms with Gasteiger partial charge in [-0.25, -0.2) is 0 Å². The Morgan fingerprint density at radius 3 is 3.11 bits per heavy atom.